The van der Waals surface area contributed by atoms with Crippen LogP contribution in [-0.4, -0.2) is 46.9 Å². The van der Waals surface area contributed by atoms with Crippen LogP contribution in [0.25, 0.3) is 0 Å². The van der Waals surface area contributed by atoms with Crippen LogP contribution in [0.2, 0.25) is 5.02 Å². The van der Waals surface area contributed by atoms with Gasteiger partial charge in [0.15, 0.2) is 11.5 Å². The van der Waals surface area contributed by atoms with Crippen LogP contribution < -0.4 is 19.5 Å². The minimum absolute atomic E-state index is 0.114. The van der Waals surface area contributed by atoms with E-state index in [1.807, 2.05) is 0 Å². The van der Waals surface area contributed by atoms with Crippen LogP contribution in [-0.2, 0) is 10.0 Å². The molecule has 0 bridgehead atoms. The molecule has 0 fully saturated rings. The molecule has 0 spiro atoms. The number of hydrogen-bond acceptors (Lipinski definition) is 5. The van der Waals surface area contributed by atoms with Crippen LogP contribution in [0.1, 0.15) is 16.8 Å². The maximum absolute atomic E-state index is 12.0. The number of fused-ring (bicyclic) bond motifs is 1. The zero-order valence-electron chi connectivity index (χ0n) is 12.0. The number of halogens is 1. The van der Waals surface area contributed by atoms with E-state index in [0.29, 0.717) is 35.3 Å². The van der Waals surface area contributed by atoms with Gasteiger partial charge < -0.3 is 14.8 Å². The Morgan fingerprint density at radius 1 is 1.27 bits per heavy atom. The lowest BCUT2D eigenvalue weighted by atomic mass is 10.2. The number of hydrogen-bond donors (Lipinski definition) is 2. The van der Waals surface area contributed by atoms with E-state index in [0.717, 1.165) is 12.7 Å². The highest BCUT2D eigenvalue weighted by Gasteiger charge is 2.18. The molecule has 1 aliphatic rings. The van der Waals surface area contributed by atoms with Crippen molar-refractivity contribution in [1.82, 2.24) is 10.0 Å². The van der Waals surface area contributed by atoms with Crippen molar-refractivity contribution >= 4 is 27.5 Å². The number of benzene rings is 1. The summed E-state index contributed by atoms with van der Waals surface area (Å²) in [4.78, 5) is 12.0. The van der Waals surface area contributed by atoms with E-state index in [-0.39, 0.29) is 19.0 Å². The third-order valence-corrected chi connectivity index (χ3v) is 3.85. The molecule has 0 aromatic heterocycles. The van der Waals surface area contributed by atoms with Gasteiger partial charge >= 0.3 is 0 Å². The van der Waals surface area contributed by atoms with E-state index in [4.69, 9.17) is 21.1 Å². The number of nitrogens with one attached hydrogen (secondary N) is 2. The first-order chi connectivity index (χ1) is 10.4. The smallest absolute Gasteiger partial charge is 0.251 e. The summed E-state index contributed by atoms with van der Waals surface area (Å²) in [5.74, 6) is 0.506. The van der Waals surface area contributed by atoms with Gasteiger partial charge in [0.05, 0.1) is 24.5 Å². The van der Waals surface area contributed by atoms with E-state index in [1.165, 1.54) is 6.07 Å². The summed E-state index contributed by atoms with van der Waals surface area (Å²) in [6.45, 7) is 1.28. The van der Waals surface area contributed by atoms with Crippen molar-refractivity contribution in [3.05, 3.63) is 22.7 Å². The Labute approximate surface area is 134 Å². The average Bonchev–Trinajstić information content (AvgIpc) is 2.68. The molecule has 7 nitrogen and oxygen atoms in total. The summed E-state index contributed by atoms with van der Waals surface area (Å²) in [6.07, 6.45) is 1.79. The van der Waals surface area contributed by atoms with Crippen molar-refractivity contribution in [2.75, 3.05) is 32.6 Å². The molecule has 0 saturated carbocycles. The Bertz CT molecular complexity index is 663. The molecule has 0 atom stereocenters. The number of amides is 1. The minimum Gasteiger partial charge on any atom is -0.489 e. The quantitative estimate of drug-likeness (QED) is 0.767. The van der Waals surface area contributed by atoms with Gasteiger partial charge in [-0.25, -0.2) is 13.1 Å². The number of sulfonamides is 1. The van der Waals surface area contributed by atoms with Crippen molar-refractivity contribution < 1.29 is 22.7 Å². The molecule has 122 valence electrons. The molecule has 1 aromatic rings. The van der Waals surface area contributed by atoms with Gasteiger partial charge in [0.2, 0.25) is 10.0 Å². The zero-order chi connectivity index (χ0) is 16.2. The van der Waals surface area contributed by atoms with Crippen LogP contribution in [0.5, 0.6) is 11.5 Å². The van der Waals surface area contributed by atoms with Gasteiger partial charge in [-0.2, -0.15) is 0 Å². The fourth-order valence-corrected chi connectivity index (χ4v) is 2.61. The summed E-state index contributed by atoms with van der Waals surface area (Å²) in [5.41, 5.74) is 0.327. The maximum Gasteiger partial charge on any atom is 0.251 e. The Hall–Kier alpha value is -1.51. The van der Waals surface area contributed by atoms with E-state index < -0.39 is 10.0 Å². The second-order valence-electron chi connectivity index (χ2n) is 4.76. The first-order valence-electron chi connectivity index (χ1n) is 6.69. The van der Waals surface area contributed by atoms with Gasteiger partial charge in [-0.15, -0.1) is 0 Å². The van der Waals surface area contributed by atoms with Crippen LogP contribution >= 0.6 is 11.6 Å². The molecule has 2 rings (SSSR count). The predicted molar refractivity (Wildman–Crippen MR) is 82.2 cm³/mol. The Morgan fingerprint density at radius 2 is 2.00 bits per heavy atom. The Balaban J connectivity index is 2.01. The SMILES string of the molecule is CS(=O)(=O)NCCNC(=O)c1cc(Cl)c2c(c1)OCCCO2. The third kappa shape index (κ3) is 4.75. The van der Waals surface area contributed by atoms with Crippen LogP contribution in [0.15, 0.2) is 12.1 Å². The summed E-state index contributed by atoms with van der Waals surface area (Å²) >= 11 is 6.11. The second kappa shape index (κ2) is 7.17. The fraction of sp³-hybridized carbons (Fsp3) is 0.462. The van der Waals surface area contributed by atoms with Crippen molar-refractivity contribution in [2.45, 2.75) is 6.42 Å². The van der Waals surface area contributed by atoms with Crippen LogP contribution in [0, 0.1) is 0 Å². The second-order valence-corrected chi connectivity index (χ2v) is 7.00. The molecule has 1 aromatic carbocycles. The monoisotopic (exact) mass is 348 g/mol. The van der Waals surface area contributed by atoms with Gasteiger partial charge in [-0.3, -0.25) is 4.79 Å². The molecule has 0 saturated heterocycles. The molecule has 9 heteroatoms. The molecule has 2 N–H and O–H groups in total. The van der Waals surface area contributed by atoms with E-state index >= 15 is 0 Å². The molecule has 0 radical (unpaired) electrons. The molecule has 0 unspecified atom stereocenters. The van der Waals surface area contributed by atoms with E-state index in [9.17, 15) is 13.2 Å². The minimum atomic E-state index is -3.27. The van der Waals surface area contributed by atoms with Crippen molar-refractivity contribution in [3.8, 4) is 11.5 Å². The van der Waals surface area contributed by atoms with Gasteiger partial charge in [0.1, 0.15) is 0 Å². The highest BCUT2D eigenvalue weighted by molar-refractivity contribution is 7.88. The van der Waals surface area contributed by atoms with E-state index in [1.54, 1.807) is 6.07 Å². The summed E-state index contributed by atoms with van der Waals surface area (Å²) in [7, 11) is -3.27. The summed E-state index contributed by atoms with van der Waals surface area (Å²) in [6, 6.07) is 3.06. The van der Waals surface area contributed by atoms with Crippen molar-refractivity contribution in [3.63, 3.8) is 0 Å². The van der Waals surface area contributed by atoms with Gasteiger partial charge in [-0.1, -0.05) is 11.6 Å². The molecular formula is C13H17ClN2O5S. The fourth-order valence-electron chi connectivity index (χ4n) is 1.88. The number of rotatable bonds is 5. The predicted octanol–water partition coefficient (Wildman–Crippen LogP) is 0.780. The van der Waals surface area contributed by atoms with Gasteiger partial charge in [0, 0.05) is 25.1 Å². The first-order valence-corrected chi connectivity index (χ1v) is 8.96. The number of ether oxygens (including phenoxy) is 2. The van der Waals surface area contributed by atoms with E-state index in [2.05, 4.69) is 10.0 Å². The molecule has 1 amide bonds. The van der Waals surface area contributed by atoms with Crippen LogP contribution in [0.3, 0.4) is 0 Å². The molecular weight excluding hydrogens is 332 g/mol. The molecule has 0 aliphatic carbocycles. The number of carbonyl (C=O) groups is 1. The van der Waals surface area contributed by atoms with Gasteiger partial charge in [0.25, 0.3) is 5.91 Å². The highest BCUT2D eigenvalue weighted by Crippen LogP contribution is 2.37. The van der Waals surface area contributed by atoms with Gasteiger partial charge in [-0.05, 0) is 12.1 Å². The van der Waals surface area contributed by atoms with Crippen molar-refractivity contribution in [1.29, 1.82) is 0 Å². The first kappa shape index (κ1) is 16.9. The standard InChI is InChI=1S/C13H17ClN2O5S/c1-22(18,19)16-4-3-15-13(17)9-7-10(14)12-11(8-9)20-5-2-6-21-12/h7-8,16H,2-6H2,1H3,(H,15,17). The summed E-state index contributed by atoms with van der Waals surface area (Å²) in [5, 5.41) is 2.90. The lowest BCUT2D eigenvalue weighted by molar-refractivity contribution is 0.0954. The third-order valence-electron chi connectivity index (χ3n) is 2.84. The lowest BCUT2D eigenvalue weighted by Gasteiger charge is -2.11. The molecule has 1 heterocycles. The summed E-state index contributed by atoms with van der Waals surface area (Å²) < 4.78 is 35.1. The highest BCUT2D eigenvalue weighted by atomic mass is 35.5. The lowest BCUT2D eigenvalue weighted by Crippen LogP contribution is -2.34. The largest absolute Gasteiger partial charge is 0.489 e. The average molecular weight is 349 g/mol. The van der Waals surface area contributed by atoms with Crippen LogP contribution in [0.4, 0.5) is 0 Å². The normalized spacial score (nSPS) is 14.3. The Kier molecular flexibility index (Phi) is 5.49. The topological polar surface area (TPSA) is 93.7 Å². The number of carbonyl (C=O) groups excluding carboxylic acids is 1. The molecule has 1 aliphatic heterocycles. The maximum atomic E-state index is 12.0. The van der Waals surface area contributed by atoms with Crippen molar-refractivity contribution in [2.24, 2.45) is 0 Å². The zero-order valence-corrected chi connectivity index (χ0v) is 13.6. The Morgan fingerprint density at radius 3 is 2.73 bits per heavy atom. The molecule has 22 heavy (non-hydrogen) atoms.